The van der Waals surface area contributed by atoms with Gasteiger partial charge < -0.3 is 9.47 Å². The fourth-order valence-corrected chi connectivity index (χ4v) is 2.43. The highest BCUT2D eigenvalue weighted by Gasteiger charge is 2.15. The van der Waals surface area contributed by atoms with Crippen molar-refractivity contribution in [3.63, 3.8) is 0 Å². The summed E-state index contributed by atoms with van der Waals surface area (Å²) in [6.07, 6.45) is 2.96. The molecule has 0 fully saturated rings. The third-order valence-corrected chi connectivity index (χ3v) is 3.74. The van der Waals surface area contributed by atoms with E-state index in [2.05, 4.69) is 0 Å². The minimum absolute atomic E-state index is 0.0107. The van der Waals surface area contributed by atoms with E-state index in [9.17, 15) is 14.9 Å². The van der Waals surface area contributed by atoms with Gasteiger partial charge in [-0.15, -0.1) is 0 Å². The van der Waals surface area contributed by atoms with Crippen molar-refractivity contribution in [1.82, 2.24) is 0 Å². The van der Waals surface area contributed by atoms with E-state index in [4.69, 9.17) is 21.1 Å². The van der Waals surface area contributed by atoms with Crippen molar-refractivity contribution in [2.45, 2.75) is 13.8 Å². The van der Waals surface area contributed by atoms with Crippen molar-refractivity contribution in [3.8, 4) is 11.5 Å². The molecular formula is C19H18ClNO5. The number of hydrogen-bond donors (Lipinski definition) is 0. The quantitative estimate of drug-likeness (QED) is 0.282. The molecule has 2 rings (SSSR count). The maximum atomic E-state index is 12.3. The van der Waals surface area contributed by atoms with Crippen LogP contribution in [0.5, 0.6) is 11.5 Å². The van der Waals surface area contributed by atoms with E-state index in [1.807, 2.05) is 13.8 Å². The Bertz CT molecular complexity index is 848. The molecule has 0 aromatic heterocycles. The van der Waals surface area contributed by atoms with Crippen LogP contribution in [0.2, 0.25) is 5.02 Å². The average molecular weight is 376 g/mol. The molecule has 0 atom stereocenters. The number of halogens is 1. The van der Waals surface area contributed by atoms with Crippen molar-refractivity contribution in [2.24, 2.45) is 0 Å². The predicted molar refractivity (Wildman–Crippen MR) is 100 cm³/mol. The number of ketones is 1. The third-order valence-electron chi connectivity index (χ3n) is 3.42. The van der Waals surface area contributed by atoms with Crippen LogP contribution in [0, 0.1) is 10.1 Å². The Hall–Kier alpha value is -2.86. The summed E-state index contributed by atoms with van der Waals surface area (Å²) in [5.41, 5.74) is 0.632. The van der Waals surface area contributed by atoms with Crippen LogP contribution in [0.3, 0.4) is 0 Å². The Morgan fingerprint density at radius 2 is 1.81 bits per heavy atom. The summed E-state index contributed by atoms with van der Waals surface area (Å²) in [6, 6.07) is 9.28. The van der Waals surface area contributed by atoms with Gasteiger partial charge in [-0.3, -0.25) is 14.9 Å². The van der Waals surface area contributed by atoms with E-state index >= 15 is 0 Å². The minimum atomic E-state index is -0.621. The number of benzene rings is 2. The van der Waals surface area contributed by atoms with E-state index in [1.165, 1.54) is 24.3 Å². The zero-order chi connectivity index (χ0) is 19.1. The molecule has 0 aliphatic carbocycles. The van der Waals surface area contributed by atoms with E-state index < -0.39 is 4.92 Å². The molecule has 0 aliphatic rings. The van der Waals surface area contributed by atoms with E-state index in [0.717, 1.165) is 5.56 Å². The second-order valence-electron chi connectivity index (χ2n) is 5.19. The SMILES string of the molecule is CCOc1ccc(C=CC(=O)c2ccc(Cl)c([N+](=O)[O-])c2)cc1OCC. The summed E-state index contributed by atoms with van der Waals surface area (Å²) in [7, 11) is 0. The summed E-state index contributed by atoms with van der Waals surface area (Å²) < 4.78 is 11.0. The van der Waals surface area contributed by atoms with Crippen molar-refractivity contribution in [2.75, 3.05) is 13.2 Å². The van der Waals surface area contributed by atoms with E-state index in [1.54, 1.807) is 24.3 Å². The van der Waals surface area contributed by atoms with Crippen LogP contribution in [0.15, 0.2) is 42.5 Å². The molecule has 0 unspecified atom stereocenters. The Morgan fingerprint density at radius 3 is 2.46 bits per heavy atom. The van der Waals surface area contributed by atoms with Crippen LogP contribution in [-0.2, 0) is 0 Å². The fraction of sp³-hybridized carbons (Fsp3) is 0.211. The number of nitro groups is 1. The van der Waals surface area contributed by atoms with E-state index in [-0.39, 0.29) is 22.1 Å². The highest BCUT2D eigenvalue weighted by Crippen LogP contribution is 2.29. The lowest BCUT2D eigenvalue weighted by Crippen LogP contribution is -1.99. The van der Waals surface area contributed by atoms with Gasteiger partial charge in [0.25, 0.3) is 5.69 Å². The van der Waals surface area contributed by atoms with Gasteiger partial charge in [0, 0.05) is 11.6 Å². The smallest absolute Gasteiger partial charge is 0.288 e. The third kappa shape index (κ3) is 4.83. The average Bonchev–Trinajstić information content (AvgIpc) is 2.62. The molecule has 0 heterocycles. The minimum Gasteiger partial charge on any atom is -0.490 e. The first kappa shape index (κ1) is 19.5. The lowest BCUT2D eigenvalue weighted by molar-refractivity contribution is -0.384. The second-order valence-corrected chi connectivity index (χ2v) is 5.60. The number of carbonyl (C=O) groups is 1. The van der Waals surface area contributed by atoms with Gasteiger partial charge in [-0.1, -0.05) is 23.7 Å². The Kier molecular flexibility index (Phi) is 6.74. The van der Waals surface area contributed by atoms with Gasteiger partial charge in [0.15, 0.2) is 17.3 Å². The number of rotatable bonds is 8. The van der Waals surface area contributed by atoms with E-state index in [0.29, 0.717) is 24.7 Å². The Morgan fingerprint density at radius 1 is 1.12 bits per heavy atom. The van der Waals surface area contributed by atoms with Gasteiger partial charge in [-0.05, 0) is 49.8 Å². The molecule has 7 heteroatoms. The lowest BCUT2D eigenvalue weighted by Gasteiger charge is -2.11. The molecule has 0 N–H and O–H groups in total. The Balaban J connectivity index is 2.23. The number of hydrogen-bond acceptors (Lipinski definition) is 5. The fourth-order valence-electron chi connectivity index (χ4n) is 2.25. The van der Waals surface area contributed by atoms with Gasteiger partial charge >= 0.3 is 0 Å². The van der Waals surface area contributed by atoms with Crippen molar-refractivity contribution in [1.29, 1.82) is 0 Å². The van der Waals surface area contributed by atoms with Crippen LogP contribution in [0.1, 0.15) is 29.8 Å². The summed E-state index contributed by atoms with van der Waals surface area (Å²) in [5.74, 6) is 0.855. The summed E-state index contributed by atoms with van der Waals surface area (Å²) in [4.78, 5) is 22.6. The molecule has 0 bridgehead atoms. The molecular weight excluding hydrogens is 358 g/mol. The lowest BCUT2D eigenvalue weighted by atomic mass is 10.1. The van der Waals surface area contributed by atoms with Crippen LogP contribution in [0.4, 0.5) is 5.69 Å². The number of carbonyl (C=O) groups excluding carboxylic acids is 1. The van der Waals surface area contributed by atoms with Crippen molar-refractivity contribution < 1.29 is 19.2 Å². The summed E-state index contributed by atoms with van der Waals surface area (Å²) in [5, 5.41) is 10.9. The van der Waals surface area contributed by atoms with Gasteiger partial charge in [-0.25, -0.2) is 0 Å². The predicted octanol–water partition coefficient (Wildman–Crippen LogP) is 4.94. The molecule has 0 saturated heterocycles. The molecule has 136 valence electrons. The maximum Gasteiger partial charge on any atom is 0.288 e. The summed E-state index contributed by atoms with van der Waals surface area (Å²) >= 11 is 5.76. The van der Waals surface area contributed by atoms with Crippen LogP contribution >= 0.6 is 11.6 Å². The molecule has 2 aromatic rings. The molecule has 2 aromatic carbocycles. The number of nitro benzene ring substituents is 1. The molecule has 0 spiro atoms. The first-order chi connectivity index (χ1) is 12.5. The Labute approximate surface area is 156 Å². The number of ether oxygens (including phenoxy) is 2. The monoisotopic (exact) mass is 375 g/mol. The maximum absolute atomic E-state index is 12.3. The largest absolute Gasteiger partial charge is 0.490 e. The van der Waals surface area contributed by atoms with Gasteiger partial charge in [0.05, 0.1) is 18.1 Å². The van der Waals surface area contributed by atoms with Crippen LogP contribution < -0.4 is 9.47 Å². The zero-order valence-corrected chi connectivity index (χ0v) is 15.2. The van der Waals surface area contributed by atoms with Crippen LogP contribution in [-0.4, -0.2) is 23.9 Å². The molecule has 0 aliphatic heterocycles. The molecule has 0 amide bonds. The standard InChI is InChI=1S/C19H18ClNO5/c1-3-25-18-10-6-13(11-19(18)26-4-2)5-9-17(22)14-7-8-15(20)16(12-14)21(23)24/h5-12H,3-4H2,1-2H3. The molecule has 6 nitrogen and oxygen atoms in total. The molecule has 26 heavy (non-hydrogen) atoms. The van der Waals surface area contributed by atoms with Crippen molar-refractivity contribution in [3.05, 3.63) is 68.7 Å². The normalized spacial score (nSPS) is 10.7. The van der Waals surface area contributed by atoms with Gasteiger partial charge in [0.2, 0.25) is 0 Å². The van der Waals surface area contributed by atoms with Gasteiger partial charge in [-0.2, -0.15) is 0 Å². The topological polar surface area (TPSA) is 78.7 Å². The number of allylic oxidation sites excluding steroid dienone is 1. The van der Waals surface area contributed by atoms with Crippen LogP contribution in [0.25, 0.3) is 6.08 Å². The molecule has 0 radical (unpaired) electrons. The van der Waals surface area contributed by atoms with Gasteiger partial charge in [0.1, 0.15) is 5.02 Å². The van der Waals surface area contributed by atoms with Crippen molar-refractivity contribution >= 4 is 29.1 Å². The number of nitrogens with zero attached hydrogens (tertiary/aromatic N) is 1. The first-order valence-electron chi connectivity index (χ1n) is 8.02. The zero-order valence-electron chi connectivity index (χ0n) is 14.4. The molecule has 0 saturated carbocycles. The highest BCUT2D eigenvalue weighted by atomic mass is 35.5. The summed E-state index contributed by atoms with van der Waals surface area (Å²) in [6.45, 7) is 4.76. The second kappa shape index (κ2) is 9.01. The highest BCUT2D eigenvalue weighted by molar-refractivity contribution is 6.32. The first-order valence-corrected chi connectivity index (χ1v) is 8.40.